The number of para-hydroxylation sites is 1. The minimum atomic E-state index is -2.91. The molecule has 0 bridgehead atoms. The van der Waals surface area contributed by atoms with Gasteiger partial charge in [0.2, 0.25) is 0 Å². The van der Waals surface area contributed by atoms with E-state index in [4.69, 9.17) is 10.5 Å². The van der Waals surface area contributed by atoms with Gasteiger partial charge < -0.3 is 10.5 Å². The number of ether oxygens (including phenoxy) is 1. The fourth-order valence-corrected chi connectivity index (χ4v) is 2.31. The highest BCUT2D eigenvalue weighted by Gasteiger charge is 2.06. The molecule has 1 rings (SSSR count). The molecule has 0 heterocycles. The third kappa shape index (κ3) is 6.02. The van der Waals surface area contributed by atoms with E-state index in [1.807, 2.05) is 31.2 Å². The lowest BCUT2D eigenvalue weighted by Crippen LogP contribution is -2.18. The van der Waals surface area contributed by atoms with Gasteiger partial charge in [0.15, 0.2) is 0 Å². The molecular weight excluding hydrogens is 250 g/mol. The maximum atomic E-state index is 11.0. The summed E-state index contributed by atoms with van der Waals surface area (Å²) in [6, 6.07) is 7.79. The molecule has 2 N–H and O–H groups in total. The number of benzene rings is 1. The van der Waals surface area contributed by atoms with Crippen molar-refractivity contribution in [3.8, 4) is 5.75 Å². The summed E-state index contributed by atoms with van der Waals surface area (Å²) in [5.41, 5.74) is 6.83. The first kappa shape index (κ1) is 15.0. The molecule has 5 heteroatoms. The van der Waals surface area contributed by atoms with Crippen LogP contribution in [-0.2, 0) is 16.3 Å². The molecular formula is C13H21NO3S. The topological polar surface area (TPSA) is 69.4 Å². The minimum absolute atomic E-state index is 0.0748. The van der Waals surface area contributed by atoms with Gasteiger partial charge in [-0.3, -0.25) is 0 Å². The molecule has 1 aromatic carbocycles. The molecule has 0 aromatic heterocycles. The van der Waals surface area contributed by atoms with Gasteiger partial charge in [0.05, 0.1) is 12.4 Å². The van der Waals surface area contributed by atoms with Crippen molar-refractivity contribution in [1.82, 2.24) is 0 Å². The molecule has 1 aromatic rings. The van der Waals surface area contributed by atoms with Gasteiger partial charge in [-0.15, -0.1) is 0 Å². The highest BCUT2D eigenvalue weighted by molar-refractivity contribution is 7.90. The quantitative estimate of drug-likeness (QED) is 0.761. The van der Waals surface area contributed by atoms with E-state index < -0.39 is 9.84 Å². The molecule has 4 nitrogen and oxygen atoms in total. The Morgan fingerprint density at radius 3 is 2.61 bits per heavy atom. The average molecular weight is 271 g/mol. The van der Waals surface area contributed by atoms with E-state index in [0.717, 1.165) is 17.7 Å². The van der Waals surface area contributed by atoms with Crippen LogP contribution in [0.3, 0.4) is 0 Å². The zero-order chi connectivity index (χ0) is 13.6. The van der Waals surface area contributed by atoms with E-state index in [1.54, 1.807) is 0 Å². The van der Waals surface area contributed by atoms with Crippen LogP contribution in [0.15, 0.2) is 24.3 Å². The first-order valence-corrected chi connectivity index (χ1v) is 8.08. The van der Waals surface area contributed by atoms with Crippen LogP contribution < -0.4 is 10.5 Å². The highest BCUT2D eigenvalue weighted by atomic mass is 32.2. The predicted molar refractivity (Wildman–Crippen MR) is 73.6 cm³/mol. The van der Waals surface area contributed by atoms with Crippen molar-refractivity contribution in [2.75, 3.05) is 18.6 Å². The summed E-state index contributed by atoms with van der Waals surface area (Å²) in [5, 5.41) is 0. The second-order valence-electron chi connectivity index (χ2n) is 4.62. The van der Waals surface area contributed by atoms with Crippen LogP contribution in [-0.4, -0.2) is 33.1 Å². The van der Waals surface area contributed by atoms with Crippen molar-refractivity contribution in [2.45, 2.75) is 25.8 Å². The molecule has 0 fully saturated rings. The van der Waals surface area contributed by atoms with E-state index in [0.29, 0.717) is 13.0 Å². The molecule has 0 saturated heterocycles. The second kappa shape index (κ2) is 6.75. The largest absolute Gasteiger partial charge is 0.493 e. The fraction of sp³-hybridized carbons (Fsp3) is 0.538. The number of hydrogen-bond donors (Lipinski definition) is 1. The van der Waals surface area contributed by atoms with Crippen molar-refractivity contribution in [1.29, 1.82) is 0 Å². The van der Waals surface area contributed by atoms with Crippen molar-refractivity contribution in [3.63, 3.8) is 0 Å². The molecule has 1 atom stereocenters. The van der Waals surface area contributed by atoms with Gasteiger partial charge in [-0.2, -0.15) is 0 Å². The van der Waals surface area contributed by atoms with Gasteiger partial charge in [0, 0.05) is 12.3 Å². The average Bonchev–Trinajstić information content (AvgIpc) is 2.24. The third-order valence-electron chi connectivity index (χ3n) is 2.43. The van der Waals surface area contributed by atoms with Crippen molar-refractivity contribution in [3.05, 3.63) is 29.8 Å². The van der Waals surface area contributed by atoms with E-state index in [1.165, 1.54) is 6.26 Å². The van der Waals surface area contributed by atoms with Crippen LogP contribution in [0, 0.1) is 0 Å². The zero-order valence-corrected chi connectivity index (χ0v) is 11.7. The number of rotatable bonds is 7. The minimum Gasteiger partial charge on any atom is -0.493 e. The molecule has 0 saturated carbocycles. The summed E-state index contributed by atoms with van der Waals surface area (Å²) in [5.74, 6) is 0.950. The Kier molecular flexibility index (Phi) is 5.62. The molecule has 18 heavy (non-hydrogen) atoms. The summed E-state index contributed by atoms with van der Waals surface area (Å²) in [7, 11) is -2.91. The van der Waals surface area contributed by atoms with Gasteiger partial charge in [-0.05, 0) is 31.4 Å². The van der Waals surface area contributed by atoms with E-state index in [2.05, 4.69) is 0 Å². The monoisotopic (exact) mass is 271 g/mol. The summed E-state index contributed by atoms with van der Waals surface area (Å²) in [6.07, 6.45) is 2.49. The van der Waals surface area contributed by atoms with Crippen LogP contribution in [0.4, 0.5) is 0 Å². The summed E-state index contributed by atoms with van der Waals surface area (Å²) in [4.78, 5) is 0. The van der Waals surface area contributed by atoms with Crippen LogP contribution in [0.25, 0.3) is 0 Å². The lowest BCUT2D eigenvalue weighted by molar-refractivity contribution is 0.314. The van der Waals surface area contributed by atoms with Gasteiger partial charge in [-0.1, -0.05) is 18.2 Å². The first-order valence-electron chi connectivity index (χ1n) is 6.02. The first-order chi connectivity index (χ1) is 8.38. The number of sulfone groups is 1. The van der Waals surface area contributed by atoms with Gasteiger partial charge in [-0.25, -0.2) is 8.42 Å². The molecule has 0 aliphatic rings. The molecule has 1 unspecified atom stereocenters. The Morgan fingerprint density at radius 1 is 1.33 bits per heavy atom. The molecule has 0 radical (unpaired) electrons. The lowest BCUT2D eigenvalue weighted by Gasteiger charge is -2.12. The lowest BCUT2D eigenvalue weighted by atomic mass is 10.1. The molecule has 0 spiro atoms. The molecule has 0 aliphatic carbocycles. The Labute approximate surface area is 109 Å². The summed E-state index contributed by atoms with van der Waals surface area (Å²) >= 11 is 0. The Morgan fingerprint density at radius 2 is 2.00 bits per heavy atom. The van der Waals surface area contributed by atoms with Gasteiger partial charge in [0.1, 0.15) is 15.6 Å². The van der Waals surface area contributed by atoms with E-state index >= 15 is 0 Å². The Balaban J connectivity index is 2.51. The van der Waals surface area contributed by atoms with Crippen LogP contribution in [0.2, 0.25) is 0 Å². The van der Waals surface area contributed by atoms with Crippen molar-refractivity contribution < 1.29 is 13.2 Å². The van der Waals surface area contributed by atoms with Crippen LogP contribution >= 0.6 is 0 Å². The second-order valence-corrected chi connectivity index (χ2v) is 6.88. The van der Waals surface area contributed by atoms with Gasteiger partial charge in [0.25, 0.3) is 0 Å². The summed E-state index contributed by atoms with van der Waals surface area (Å²) in [6.45, 7) is 2.35. The van der Waals surface area contributed by atoms with Crippen molar-refractivity contribution >= 4 is 9.84 Å². The van der Waals surface area contributed by atoms with E-state index in [-0.39, 0.29) is 11.8 Å². The highest BCUT2D eigenvalue weighted by Crippen LogP contribution is 2.19. The molecule has 0 amide bonds. The number of nitrogens with two attached hydrogens (primary N) is 1. The maximum absolute atomic E-state index is 11.0. The maximum Gasteiger partial charge on any atom is 0.147 e. The Bertz CT molecular complexity index is 469. The normalized spacial score (nSPS) is 13.3. The van der Waals surface area contributed by atoms with Crippen LogP contribution in [0.5, 0.6) is 5.75 Å². The Hall–Kier alpha value is -1.07. The standard InChI is InChI=1S/C13H21NO3S/c1-11(14)10-12-6-3-4-7-13(12)17-8-5-9-18(2,15)16/h3-4,6-7,11H,5,8-10,14H2,1-2H3. The summed E-state index contributed by atoms with van der Waals surface area (Å²) < 4.78 is 27.6. The predicted octanol–water partition coefficient (Wildman–Crippen LogP) is 1.39. The third-order valence-corrected chi connectivity index (χ3v) is 3.46. The molecule has 0 aliphatic heterocycles. The van der Waals surface area contributed by atoms with Crippen molar-refractivity contribution in [2.24, 2.45) is 5.73 Å². The zero-order valence-electron chi connectivity index (χ0n) is 10.9. The fourth-order valence-electron chi connectivity index (χ4n) is 1.66. The van der Waals surface area contributed by atoms with Gasteiger partial charge >= 0.3 is 0 Å². The van der Waals surface area contributed by atoms with E-state index in [9.17, 15) is 8.42 Å². The van der Waals surface area contributed by atoms with Crippen LogP contribution in [0.1, 0.15) is 18.9 Å². The smallest absolute Gasteiger partial charge is 0.147 e. The molecule has 102 valence electrons. The SMILES string of the molecule is CC(N)Cc1ccccc1OCCCS(C)(=O)=O. The number of hydrogen-bond acceptors (Lipinski definition) is 4.